The molecule has 0 radical (unpaired) electrons. The Morgan fingerprint density at radius 1 is 1.41 bits per heavy atom. The maximum absolute atomic E-state index is 13.3. The van der Waals surface area contributed by atoms with Crippen molar-refractivity contribution < 1.29 is 23.1 Å². The minimum absolute atomic E-state index is 0.0964. The molecule has 0 fully saturated rings. The molecule has 0 aliphatic carbocycles. The van der Waals surface area contributed by atoms with Crippen LogP contribution in [0.4, 0.5) is 4.39 Å². The molecule has 17 heavy (non-hydrogen) atoms. The molecule has 2 rings (SSSR count). The minimum Gasteiger partial charge on any atom is -0.460 e. The van der Waals surface area contributed by atoms with Crippen molar-refractivity contribution in [3.05, 3.63) is 35.8 Å². The number of halogens is 1. The summed E-state index contributed by atoms with van der Waals surface area (Å²) in [5, 5.41) is 0.167. The summed E-state index contributed by atoms with van der Waals surface area (Å²) in [4.78, 5) is 22.7. The molecule has 0 N–H and O–H groups in total. The third kappa shape index (κ3) is 2.04. The highest BCUT2D eigenvalue weighted by Gasteiger charge is 2.22. The number of fused-ring (bicyclic) bond motifs is 1. The predicted octanol–water partition coefficient (Wildman–Crippen LogP) is 2.32. The minimum atomic E-state index is -1.01. The molecule has 4 nitrogen and oxygen atoms in total. The lowest BCUT2D eigenvalue weighted by atomic mass is 10.2. The van der Waals surface area contributed by atoms with E-state index in [0.29, 0.717) is 0 Å². The van der Waals surface area contributed by atoms with E-state index in [1.807, 2.05) is 0 Å². The lowest BCUT2D eigenvalue weighted by molar-refractivity contribution is -0.137. The first kappa shape index (κ1) is 11.3. The molecule has 0 unspecified atom stereocenters. The van der Waals surface area contributed by atoms with Crippen LogP contribution in [0, 0.1) is 5.82 Å². The van der Waals surface area contributed by atoms with Gasteiger partial charge in [0.25, 0.3) is 0 Å². The van der Waals surface area contributed by atoms with Crippen LogP contribution in [0.2, 0.25) is 0 Å². The number of furan rings is 1. The van der Waals surface area contributed by atoms with E-state index in [2.05, 4.69) is 4.74 Å². The summed E-state index contributed by atoms with van der Waals surface area (Å²) in [5.41, 5.74) is 0.220. The molecule has 88 valence electrons. The molecular weight excluding hydrogens is 227 g/mol. The molecule has 0 aliphatic heterocycles. The van der Waals surface area contributed by atoms with Gasteiger partial charge in [0.15, 0.2) is 5.76 Å². The van der Waals surface area contributed by atoms with Crippen LogP contribution in [0.25, 0.3) is 11.0 Å². The van der Waals surface area contributed by atoms with Crippen LogP contribution in [-0.4, -0.2) is 18.4 Å². The van der Waals surface area contributed by atoms with Crippen molar-refractivity contribution in [2.75, 3.05) is 6.61 Å². The van der Waals surface area contributed by atoms with E-state index in [1.165, 1.54) is 24.3 Å². The van der Waals surface area contributed by atoms with Gasteiger partial charge in [-0.1, -0.05) is 6.07 Å². The van der Waals surface area contributed by atoms with Gasteiger partial charge >= 0.3 is 11.8 Å². The molecule has 0 saturated heterocycles. The van der Waals surface area contributed by atoms with Crippen molar-refractivity contribution in [1.82, 2.24) is 0 Å². The van der Waals surface area contributed by atoms with Gasteiger partial charge in [-0.15, -0.1) is 0 Å². The average molecular weight is 236 g/mol. The number of Topliss-reactive ketones (excluding diaryl/α,β-unsaturated/α-hetero) is 1. The predicted molar refractivity (Wildman–Crippen MR) is 57.1 cm³/mol. The second-order valence-corrected chi connectivity index (χ2v) is 3.31. The SMILES string of the molecule is CCOC(=O)C(=O)c1cc2c(F)cccc2o1. The maximum atomic E-state index is 13.3. The fourth-order valence-corrected chi connectivity index (χ4v) is 1.43. The first-order chi connectivity index (χ1) is 8.13. The highest BCUT2D eigenvalue weighted by atomic mass is 19.1. The van der Waals surface area contributed by atoms with Crippen LogP contribution in [0.3, 0.4) is 0 Å². The molecule has 1 aromatic heterocycles. The van der Waals surface area contributed by atoms with Gasteiger partial charge in [-0.25, -0.2) is 9.18 Å². The first-order valence-electron chi connectivity index (χ1n) is 5.03. The van der Waals surface area contributed by atoms with Crippen LogP contribution < -0.4 is 0 Å². The van der Waals surface area contributed by atoms with Crippen molar-refractivity contribution in [2.24, 2.45) is 0 Å². The third-order valence-electron chi connectivity index (χ3n) is 2.19. The molecule has 0 saturated carbocycles. The van der Waals surface area contributed by atoms with E-state index >= 15 is 0 Å². The quantitative estimate of drug-likeness (QED) is 0.466. The highest BCUT2D eigenvalue weighted by Crippen LogP contribution is 2.22. The van der Waals surface area contributed by atoms with Gasteiger partial charge in [-0.05, 0) is 25.1 Å². The molecule has 2 aromatic rings. The van der Waals surface area contributed by atoms with Gasteiger partial charge < -0.3 is 9.15 Å². The molecule has 0 aliphatic rings. The number of hydrogen-bond donors (Lipinski definition) is 0. The van der Waals surface area contributed by atoms with Gasteiger partial charge in [-0.2, -0.15) is 0 Å². The van der Waals surface area contributed by atoms with E-state index < -0.39 is 17.6 Å². The van der Waals surface area contributed by atoms with Crippen molar-refractivity contribution in [2.45, 2.75) is 6.92 Å². The van der Waals surface area contributed by atoms with Gasteiger partial charge in [0.05, 0.1) is 12.0 Å². The first-order valence-corrected chi connectivity index (χ1v) is 5.03. The van der Waals surface area contributed by atoms with Crippen LogP contribution in [0.15, 0.2) is 28.7 Å². The van der Waals surface area contributed by atoms with E-state index in [0.717, 1.165) is 0 Å². The molecule has 1 heterocycles. The Morgan fingerprint density at radius 3 is 2.82 bits per heavy atom. The summed E-state index contributed by atoms with van der Waals surface area (Å²) in [5.74, 6) is -2.65. The van der Waals surface area contributed by atoms with Crippen LogP contribution in [0.1, 0.15) is 17.5 Å². The van der Waals surface area contributed by atoms with E-state index in [4.69, 9.17) is 4.42 Å². The summed E-state index contributed by atoms with van der Waals surface area (Å²) in [6.45, 7) is 1.68. The maximum Gasteiger partial charge on any atom is 0.383 e. The van der Waals surface area contributed by atoms with E-state index in [1.54, 1.807) is 6.92 Å². The summed E-state index contributed by atoms with van der Waals surface area (Å²) in [7, 11) is 0. The Morgan fingerprint density at radius 2 is 2.18 bits per heavy atom. The third-order valence-corrected chi connectivity index (χ3v) is 2.19. The van der Waals surface area contributed by atoms with E-state index in [9.17, 15) is 14.0 Å². The van der Waals surface area contributed by atoms with Crippen LogP contribution in [0.5, 0.6) is 0 Å². The zero-order valence-corrected chi connectivity index (χ0v) is 9.03. The van der Waals surface area contributed by atoms with Gasteiger partial charge in [0.1, 0.15) is 11.4 Å². The number of carbonyl (C=O) groups excluding carboxylic acids is 2. The highest BCUT2D eigenvalue weighted by molar-refractivity contribution is 6.40. The summed E-state index contributed by atoms with van der Waals surface area (Å²) in [6, 6.07) is 5.42. The van der Waals surface area contributed by atoms with Crippen molar-refractivity contribution >= 4 is 22.7 Å². The number of rotatable bonds is 3. The monoisotopic (exact) mass is 236 g/mol. The normalized spacial score (nSPS) is 10.5. The fourth-order valence-electron chi connectivity index (χ4n) is 1.43. The second kappa shape index (κ2) is 4.37. The number of ketones is 1. The largest absolute Gasteiger partial charge is 0.460 e. The second-order valence-electron chi connectivity index (χ2n) is 3.31. The summed E-state index contributed by atoms with van der Waals surface area (Å²) in [6.07, 6.45) is 0. The average Bonchev–Trinajstić information content (AvgIpc) is 2.73. The molecule has 5 heteroatoms. The molecular formula is C12H9FO4. The number of carbonyl (C=O) groups is 2. The topological polar surface area (TPSA) is 56.5 Å². The van der Waals surface area contributed by atoms with Crippen LogP contribution in [-0.2, 0) is 9.53 Å². The number of ether oxygens (including phenoxy) is 1. The number of benzene rings is 1. The zero-order chi connectivity index (χ0) is 12.4. The van der Waals surface area contributed by atoms with Gasteiger partial charge in [-0.3, -0.25) is 4.79 Å². The van der Waals surface area contributed by atoms with Crippen LogP contribution >= 0.6 is 0 Å². The van der Waals surface area contributed by atoms with E-state index in [-0.39, 0.29) is 23.3 Å². The lowest BCUT2D eigenvalue weighted by Gasteiger charge is -1.96. The van der Waals surface area contributed by atoms with Gasteiger partial charge in [0.2, 0.25) is 0 Å². The molecule has 0 bridgehead atoms. The Bertz CT molecular complexity index is 585. The van der Waals surface area contributed by atoms with Crippen molar-refractivity contribution in [3.63, 3.8) is 0 Å². The summed E-state index contributed by atoms with van der Waals surface area (Å²) >= 11 is 0. The number of hydrogen-bond acceptors (Lipinski definition) is 4. The molecule has 1 aromatic carbocycles. The molecule has 0 spiro atoms. The van der Waals surface area contributed by atoms with Crippen molar-refractivity contribution in [1.29, 1.82) is 0 Å². The fraction of sp³-hybridized carbons (Fsp3) is 0.167. The van der Waals surface area contributed by atoms with Crippen molar-refractivity contribution in [3.8, 4) is 0 Å². The summed E-state index contributed by atoms with van der Waals surface area (Å²) < 4.78 is 23.0. The molecule has 0 atom stereocenters. The smallest absolute Gasteiger partial charge is 0.383 e. The standard InChI is InChI=1S/C12H9FO4/c1-2-16-12(15)11(14)10-6-7-8(13)4-3-5-9(7)17-10/h3-6H,2H2,1H3. The Hall–Kier alpha value is -2.17. The Labute approximate surface area is 96.0 Å². The zero-order valence-electron chi connectivity index (χ0n) is 9.03. The molecule has 0 amide bonds. The number of esters is 1. The Balaban J connectivity index is 2.40. The lowest BCUT2D eigenvalue weighted by Crippen LogP contribution is -2.16. The Kier molecular flexibility index (Phi) is 2.91. The van der Waals surface area contributed by atoms with Gasteiger partial charge in [0, 0.05) is 0 Å².